The summed E-state index contributed by atoms with van der Waals surface area (Å²) in [5, 5.41) is 8.23. The zero-order valence-electron chi connectivity index (χ0n) is 14.0. The van der Waals surface area contributed by atoms with Crippen LogP contribution in [-0.2, 0) is 19.1 Å². The minimum Gasteiger partial charge on any atom is -0.463 e. The van der Waals surface area contributed by atoms with E-state index in [9.17, 15) is 9.59 Å². The monoisotopic (exact) mass is 348 g/mol. The van der Waals surface area contributed by atoms with E-state index in [4.69, 9.17) is 21.4 Å². The van der Waals surface area contributed by atoms with E-state index in [1.54, 1.807) is 0 Å². The molecule has 1 N–H and O–H groups in total. The maximum Gasteiger partial charge on any atom is 0.330 e. The van der Waals surface area contributed by atoms with Crippen LogP contribution in [-0.4, -0.2) is 36.9 Å². The molecule has 0 aromatic rings. The molecule has 6 heteroatoms. The predicted molar refractivity (Wildman–Crippen MR) is 94.2 cm³/mol. The van der Waals surface area contributed by atoms with E-state index in [0.717, 1.165) is 18.9 Å². The van der Waals surface area contributed by atoms with Gasteiger partial charge in [-0.25, -0.2) is 9.59 Å². The summed E-state index contributed by atoms with van der Waals surface area (Å²) in [6, 6.07) is 0. The number of ether oxygens (including phenoxy) is 2. The molecule has 0 aliphatic rings. The summed E-state index contributed by atoms with van der Waals surface area (Å²) >= 11 is 4.76. The van der Waals surface area contributed by atoms with Crippen molar-refractivity contribution in [2.45, 2.75) is 39.0 Å². The Balaban J connectivity index is -0.000000301. The second kappa shape index (κ2) is 25.4. The van der Waals surface area contributed by atoms with Gasteiger partial charge in [0.1, 0.15) is 0 Å². The number of aliphatic hydroxyl groups excluding tert-OH is 1. The molecule has 0 aromatic carbocycles. The molecule has 5 nitrogen and oxygen atoms in total. The van der Waals surface area contributed by atoms with Crippen LogP contribution in [0.2, 0.25) is 0 Å². The number of rotatable bonds is 10. The van der Waals surface area contributed by atoms with Crippen molar-refractivity contribution in [3.63, 3.8) is 0 Å². The zero-order valence-corrected chi connectivity index (χ0v) is 14.7. The molecule has 0 aliphatic heterocycles. The van der Waals surface area contributed by atoms with Gasteiger partial charge in [0.05, 0.1) is 13.2 Å². The number of carbonyl (C=O) groups is 2. The van der Waals surface area contributed by atoms with Crippen LogP contribution in [0.1, 0.15) is 39.0 Å². The van der Waals surface area contributed by atoms with E-state index in [0.29, 0.717) is 13.0 Å². The van der Waals surface area contributed by atoms with E-state index < -0.39 is 5.97 Å². The molecule has 0 radical (unpaired) electrons. The average Bonchev–Trinajstić information content (AvgIpc) is 2.55. The Morgan fingerprint density at radius 2 is 1.39 bits per heavy atom. The lowest BCUT2D eigenvalue weighted by Crippen LogP contribution is -2.02. The highest BCUT2D eigenvalue weighted by molar-refractivity contribution is 6.25. The minimum absolute atomic E-state index is 0.0461. The maximum absolute atomic E-state index is 10.5. The van der Waals surface area contributed by atoms with Gasteiger partial charge in [-0.05, 0) is 12.0 Å². The second-order valence-electron chi connectivity index (χ2n) is 4.04. The van der Waals surface area contributed by atoms with E-state index in [1.807, 2.05) is 0 Å². The highest BCUT2D eigenvalue weighted by Crippen LogP contribution is 1.98. The molecule has 0 aliphatic carbocycles. The molecule has 134 valence electrons. The normalized spacial score (nSPS) is 8.30. The standard InChI is InChI=1S/C9H16O2.C6H10O3.C2H3Cl/c1-3-5-6-7-8-11-9(10)4-2;1-2-6(8)9-5-3-4-7;1-2-3/h4H,2-3,5-8H2,1H3;2,7H,1,3-5H2;2H,1H2. The van der Waals surface area contributed by atoms with Crippen LogP contribution in [0, 0.1) is 0 Å². The topological polar surface area (TPSA) is 72.8 Å². The molecule has 0 heterocycles. The number of hydrogen-bond donors (Lipinski definition) is 1. The molecule has 0 spiro atoms. The molecule has 0 rings (SSSR count). The van der Waals surface area contributed by atoms with Crippen molar-refractivity contribution in [1.82, 2.24) is 0 Å². The van der Waals surface area contributed by atoms with Crippen molar-refractivity contribution in [3.8, 4) is 0 Å². The second-order valence-corrected chi connectivity index (χ2v) is 4.34. The largest absolute Gasteiger partial charge is 0.463 e. The summed E-state index contributed by atoms with van der Waals surface area (Å²) in [6.07, 6.45) is 7.30. The van der Waals surface area contributed by atoms with Crippen molar-refractivity contribution in [2.24, 2.45) is 0 Å². The molecule has 0 saturated carbocycles. The quantitative estimate of drug-likeness (QED) is 0.369. The summed E-state index contributed by atoms with van der Waals surface area (Å²) in [5.74, 6) is -0.759. The van der Waals surface area contributed by atoms with Crippen molar-refractivity contribution < 1.29 is 24.2 Å². The Bertz CT molecular complexity index is 316. The highest BCUT2D eigenvalue weighted by atomic mass is 35.5. The van der Waals surface area contributed by atoms with Crippen LogP contribution in [0.25, 0.3) is 0 Å². The molecule has 0 saturated heterocycles. The Hall–Kier alpha value is -1.59. The summed E-state index contributed by atoms with van der Waals surface area (Å²) in [5.41, 5.74) is 1.22. The van der Waals surface area contributed by atoms with Crippen LogP contribution in [0.15, 0.2) is 37.4 Å². The number of aliphatic hydroxyl groups is 1. The van der Waals surface area contributed by atoms with Crippen LogP contribution >= 0.6 is 11.6 Å². The maximum atomic E-state index is 10.5. The van der Waals surface area contributed by atoms with Gasteiger partial charge in [0.15, 0.2) is 0 Å². The Labute approximate surface area is 144 Å². The van der Waals surface area contributed by atoms with Crippen LogP contribution in [0.4, 0.5) is 0 Å². The van der Waals surface area contributed by atoms with Crippen molar-refractivity contribution in [2.75, 3.05) is 19.8 Å². The Morgan fingerprint density at radius 3 is 1.74 bits per heavy atom. The van der Waals surface area contributed by atoms with Gasteiger partial charge in [0.25, 0.3) is 0 Å². The first-order chi connectivity index (χ1) is 11.0. The number of hydrogen-bond acceptors (Lipinski definition) is 5. The van der Waals surface area contributed by atoms with Crippen molar-refractivity contribution in [3.05, 3.63) is 37.4 Å². The Morgan fingerprint density at radius 1 is 0.957 bits per heavy atom. The molecule has 0 unspecified atom stereocenters. The number of carbonyl (C=O) groups excluding carboxylic acids is 2. The first kappa shape index (κ1) is 26.3. The van der Waals surface area contributed by atoms with Gasteiger partial charge in [-0.2, -0.15) is 0 Å². The minimum atomic E-state index is -0.441. The van der Waals surface area contributed by atoms with E-state index in [2.05, 4.69) is 31.4 Å². The van der Waals surface area contributed by atoms with Crippen LogP contribution in [0.3, 0.4) is 0 Å². The molecule has 23 heavy (non-hydrogen) atoms. The Kier molecular flexibility index (Phi) is 29.0. The van der Waals surface area contributed by atoms with Gasteiger partial charge in [-0.1, -0.05) is 57.5 Å². The molecule has 0 amide bonds. The lowest BCUT2D eigenvalue weighted by atomic mass is 10.2. The van der Waals surface area contributed by atoms with Gasteiger partial charge < -0.3 is 14.6 Å². The molecule has 0 atom stereocenters. The molecule has 0 bridgehead atoms. The van der Waals surface area contributed by atoms with Gasteiger partial charge >= 0.3 is 11.9 Å². The lowest BCUT2D eigenvalue weighted by molar-refractivity contribution is -0.138. The van der Waals surface area contributed by atoms with Gasteiger partial charge in [0.2, 0.25) is 0 Å². The SMILES string of the molecule is C=CC(=O)OCCCCCC.C=CC(=O)OCCCO.C=CCl. The summed E-state index contributed by atoms with van der Waals surface area (Å²) in [7, 11) is 0. The third kappa shape index (κ3) is 33.3. The lowest BCUT2D eigenvalue weighted by Gasteiger charge is -1.99. The fourth-order valence-corrected chi connectivity index (χ4v) is 1.06. The number of unbranched alkanes of at least 4 members (excludes halogenated alkanes) is 3. The van der Waals surface area contributed by atoms with Crippen LogP contribution < -0.4 is 0 Å². The molecular weight excluding hydrogens is 320 g/mol. The highest BCUT2D eigenvalue weighted by Gasteiger charge is 1.93. The van der Waals surface area contributed by atoms with Gasteiger partial charge in [-0.3, -0.25) is 0 Å². The molecular formula is C17H29ClO5. The third-order valence-electron chi connectivity index (χ3n) is 2.12. The summed E-state index contributed by atoms with van der Waals surface area (Å²) in [6.45, 7) is 12.6. The smallest absolute Gasteiger partial charge is 0.330 e. The first-order valence-corrected chi connectivity index (χ1v) is 7.87. The summed E-state index contributed by atoms with van der Waals surface area (Å²) in [4.78, 5) is 20.8. The summed E-state index contributed by atoms with van der Waals surface area (Å²) < 4.78 is 9.30. The fourth-order valence-electron chi connectivity index (χ4n) is 1.06. The number of halogens is 1. The van der Waals surface area contributed by atoms with Crippen molar-refractivity contribution >= 4 is 23.5 Å². The first-order valence-electron chi connectivity index (χ1n) is 7.44. The van der Waals surface area contributed by atoms with Gasteiger partial charge in [-0.15, -0.1) is 0 Å². The molecule has 0 fully saturated rings. The van der Waals surface area contributed by atoms with Crippen LogP contribution in [0.5, 0.6) is 0 Å². The third-order valence-corrected chi connectivity index (χ3v) is 2.12. The predicted octanol–water partition coefficient (Wildman–Crippen LogP) is 3.76. The van der Waals surface area contributed by atoms with E-state index in [1.165, 1.54) is 24.5 Å². The molecule has 0 aromatic heterocycles. The van der Waals surface area contributed by atoms with E-state index >= 15 is 0 Å². The average molecular weight is 349 g/mol. The number of esters is 2. The van der Waals surface area contributed by atoms with Crippen molar-refractivity contribution in [1.29, 1.82) is 0 Å². The van der Waals surface area contributed by atoms with Gasteiger partial charge in [0, 0.05) is 25.2 Å². The zero-order chi connectivity index (χ0) is 18.3. The van der Waals surface area contributed by atoms with E-state index in [-0.39, 0.29) is 19.2 Å². The fraction of sp³-hybridized carbons (Fsp3) is 0.529.